The summed E-state index contributed by atoms with van der Waals surface area (Å²) >= 11 is 0. The standard InChI is InChI=1S/C13H19NO4/c1-10(2)6-7-18-9-11-4-5-13(17-3)12(8-11)14(15)16/h4-5,8,10H,6-7,9H2,1-3H3. The summed E-state index contributed by atoms with van der Waals surface area (Å²) in [6.45, 7) is 5.30. The molecule has 0 aliphatic carbocycles. The van der Waals surface area contributed by atoms with Gasteiger partial charge in [-0.15, -0.1) is 0 Å². The normalized spacial score (nSPS) is 10.7. The lowest BCUT2D eigenvalue weighted by Crippen LogP contribution is -2.00. The molecule has 0 saturated heterocycles. The van der Waals surface area contributed by atoms with Gasteiger partial charge in [-0.05, 0) is 24.0 Å². The van der Waals surface area contributed by atoms with E-state index in [2.05, 4.69) is 13.8 Å². The molecule has 18 heavy (non-hydrogen) atoms. The highest BCUT2D eigenvalue weighted by Crippen LogP contribution is 2.27. The molecular weight excluding hydrogens is 234 g/mol. The van der Waals surface area contributed by atoms with Gasteiger partial charge in [0.05, 0.1) is 18.6 Å². The van der Waals surface area contributed by atoms with Crippen LogP contribution in [-0.2, 0) is 11.3 Å². The molecule has 0 N–H and O–H groups in total. The van der Waals surface area contributed by atoms with E-state index in [-0.39, 0.29) is 11.4 Å². The summed E-state index contributed by atoms with van der Waals surface area (Å²) in [5.41, 5.74) is 0.758. The van der Waals surface area contributed by atoms with Gasteiger partial charge in [0.15, 0.2) is 5.75 Å². The lowest BCUT2D eigenvalue weighted by atomic mass is 10.1. The lowest BCUT2D eigenvalue weighted by molar-refractivity contribution is -0.385. The van der Waals surface area contributed by atoms with Gasteiger partial charge < -0.3 is 9.47 Å². The fourth-order valence-corrected chi connectivity index (χ4v) is 1.48. The lowest BCUT2D eigenvalue weighted by Gasteiger charge is -2.07. The molecule has 0 radical (unpaired) electrons. The SMILES string of the molecule is COc1ccc(COCCC(C)C)cc1[N+](=O)[O-]. The predicted octanol–water partition coefficient (Wildman–Crippen LogP) is 3.17. The molecule has 0 fully saturated rings. The second-order valence-corrected chi connectivity index (χ2v) is 4.50. The van der Waals surface area contributed by atoms with E-state index in [4.69, 9.17) is 9.47 Å². The number of methoxy groups -OCH3 is 1. The minimum atomic E-state index is -0.448. The largest absolute Gasteiger partial charge is 0.490 e. The molecule has 0 atom stereocenters. The Morgan fingerprint density at radius 3 is 2.67 bits per heavy atom. The summed E-state index contributed by atoms with van der Waals surface area (Å²) in [7, 11) is 1.42. The Morgan fingerprint density at radius 2 is 2.11 bits per heavy atom. The number of hydrogen-bond donors (Lipinski definition) is 0. The highest BCUT2D eigenvalue weighted by molar-refractivity contribution is 5.48. The number of hydrogen-bond acceptors (Lipinski definition) is 4. The fourth-order valence-electron chi connectivity index (χ4n) is 1.48. The van der Waals surface area contributed by atoms with Gasteiger partial charge in [0.25, 0.3) is 0 Å². The Balaban J connectivity index is 2.62. The van der Waals surface area contributed by atoms with Gasteiger partial charge in [-0.3, -0.25) is 10.1 Å². The number of nitrogens with zero attached hydrogens (tertiary/aromatic N) is 1. The van der Waals surface area contributed by atoms with E-state index in [0.29, 0.717) is 19.1 Å². The van der Waals surface area contributed by atoms with Gasteiger partial charge in [0.1, 0.15) is 0 Å². The Bertz CT molecular complexity index is 404. The molecule has 0 aliphatic heterocycles. The average molecular weight is 253 g/mol. The van der Waals surface area contributed by atoms with E-state index in [9.17, 15) is 10.1 Å². The maximum Gasteiger partial charge on any atom is 0.311 e. The van der Waals surface area contributed by atoms with Crippen molar-refractivity contribution in [1.82, 2.24) is 0 Å². The molecule has 5 nitrogen and oxygen atoms in total. The molecule has 1 aromatic rings. The highest BCUT2D eigenvalue weighted by Gasteiger charge is 2.14. The molecule has 0 amide bonds. The quantitative estimate of drug-likeness (QED) is 0.425. The van der Waals surface area contributed by atoms with Crippen LogP contribution in [0.1, 0.15) is 25.8 Å². The van der Waals surface area contributed by atoms with Crippen molar-refractivity contribution in [2.45, 2.75) is 26.9 Å². The Hall–Kier alpha value is -1.62. The zero-order chi connectivity index (χ0) is 13.5. The summed E-state index contributed by atoms with van der Waals surface area (Å²) in [6, 6.07) is 4.87. The minimum Gasteiger partial charge on any atom is -0.490 e. The third kappa shape index (κ3) is 4.33. The van der Waals surface area contributed by atoms with Crippen molar-refractivity contribution in [3.63, 3.8) is 0 Å². The van der Waals surface area contributed by atoms with Gasteiger partial charge in [-0.1, -0.05) is 19.9 Å². The van der Waals surface area contributed by atoms with E-state index in [1.54, 1.807) is 12.1 Å². The molecule has 0 heterocycles. The zero-order valence-electron chi connectivity index (χ0n) is 11.0. The first kappa shape index (κ1) is 14.4. The molecule has 100 valence electrons. The topological polar surface area (TPSA) is 61.6 Å². The predicted molar refractivity (Wildman–Crippen MR) is 68.8 cm³/mol. The van der Waals surface area contributed by atoms with Crippen LogP contribution < -0.4 is 4.74 Å². The van der Waals surface area contributed by atoms with Crippen molar-refractivity contribution in [3.05, 3.63) is 33.9 Å². The Labute approximate surface area is 107 Å². The highest BCUT2D eigenvalue weighted by atomic mass is 16.6. The second-order valence-electron chi connectivity index (χ2n) is 4.50. The third-order valence-electron chi connectivity index (χ3n) is 2.55. The smallest absolute Gasteiger partial charge is 0.311 e. The fraction of sp³-hybridized carbons (Fsp3) is 0.538. The number of ether oxygens (including phenoxy) is 2. The van der Waals surface area contributed by atoms with Crippen molar-refractivity contribution in [1.29, 1.82) is 0 Å². The first-order valence-electron chi connectivity index (χ1n) is 5.93. The first-order valence-corrected chi connectivity index (χ1v) is 5.93. The van der Waals surface area contributed by atoms with Crippen LogP contribution in [0.5, 0.6) is 5.75 Å². The molecule has 1 rings (SSSR count). The van der Waals surface area contributed by atoms with E-state index >= 15 is 0 Å². The molecule has 0 bridgehead atoms. The van der Waals surface area contributed by atoms with Gasteiger partial charge in [0, 0.05) is 12.7 Å². The minimum absolute atomic E-state index is 0.0255. The molecule has 0 spiro atoms. The van der Waals surface area contributed by atoms with E-state index in [1.807, 2.05) is 0 Å². The number of nitro groups is 1. The van der Waals surface area contributed by atoms with Gasteiger partial charge >= 0.3 is 5.69 Å². The van der Waals surface area contributed by atoms with Crippen molar-refractivity contribution < 1.29 is 14.4 Å². The molecule has 0 aliphatic rings. The number of benzene rings is 1. The summed E-state index contributed by atoms with van der Waals surface area (Å²) in [5, 5.41) is 10.8. The maximum absolute atomic E-state index is 10.8. The van der Waals surface area contributed by atoms with Gasteiger partial charge in [0.2, 0.25) is 0 Å². The molecule has 1 aromatic carbocycles. The van der Waals surface area contributed by atoms with E-state index in [1.165, 1.54) is 13.2 Å². The van der Waals surface area contributed by atoms with Crippen LogP contribution in [0.4, 0.5) is 5.69 Å². The van der Waals surface area contributed by atoms with E-state index < -0.39 is 4.92 Å². The van der Waals surface area contributed by atoms with Crippen LogP contribution in [0.3, 0.4) is 0 Å². The van der Waals surface area contributed by atoms with Gasteiger partial charge in [-0.2, -0.15) is 0 Å². The summed E-state index contributed by atoms with van der Waals surface area (Å²) < 4.78 is 10.4. The van der Waals surface area contributed by atoms with Crippen molar-refractivity contribution in [2.75, 3.05) is 13.7 Å². The van der Waals surface area contributed by atoms with Crippen molar-refractivity contribution in [3.8, 4) is 5.75 Å². The van der Waals surface area contributed by atoms with Crippen LogP contribution in [0.2, 0.25) is 0 Å². The van der Waals surface area contributed by atoms with Crippen LogP contribution in [0.15, 0.2) is 18.2 Å². The molecule has 5 heteroatoms. The van der Waals surface area contributed by atoms with Crippen LogP contribution in [0, 0.1) is 16.0 Å². The third-order valence-corrected chi connectivity index (χ3v) is 2.55. The maximum atomic E-state index is 10.8. The zero-order valence-corrected chi connectivity index (χ0v) is 11.0. The average Bonchev–Trinajstić information content (AvgIpc) is 2.34. The molecule has 0 saturated carbocycles. The molecular formula is C13H19NO4. The molecule has 0 aromatic heterocycles. The monoisotopic (exact) mass is 253 g/mol. The van der Waals surface area contributed by atoms with Crippen LogP contribution >= 0.6 is 0 Å². The second kappa shape index (κ2) is 6.96. The van der Waals surface area contributed by atoms with Crippen LogP contribution in [0.25, 0.3) is 0 Å². The molecule has 0 unspecified atom stereocenters. The number of nitro benzene ring substituents is 1. The first-order chi connectivity index (χ1) is 8.54. The van der Waals surface area contributed by atoms with Crippen LogP contribution in [-0.4, -0.2) is 18.6 Å². The van der Waals surface area contributed by atoms with E-state index in [0.717, 1.165) is 12.0 Å². The Morgan fingerprint density at radius 1 is 1.39 bits per heavy atom. The van der Waals surface area contributed by atoms with Crippen molar-refractivity contribution in [2.24, 2.45) is 5.92 Å². The summed E-state index contributed by atoms with van der Waals surface area (Å²) in [6.07, 6.45) is 0.984. The summed E-state index contributed by atoms with van der Waals surface area (Å²) in [5.74, 6) is 0.862. The number of rotatable bonds is 7. The summed E-state index contributed by atoms with van der Waals surface area (Å²) in [4.78, 5) is 10.4. The van der Waals surface area contributed by atoms with Gasteiger partial charge in [-0.25, -0.2) is 0 Å². The van der Waals surface area contributed by atoms with Crippen molar-refractivity contribution >= 4 is 5.69 Å². The Kier molecular flexibility index (Phi) is 5.58.